The molecule has 0 aromatic carbocycles. The third kappa shape index (κ3) is 3.66. The smallest absolute Gasteiger partial charge is 0.276 e. The first-order valence-electron chi connectivity index (χ1n) is 7.52. The summed E-state index contributed by atoms with van der Waals surface area (Å²) < 4.78 is 1.78. The Morgan fingerprint density at radius 1 is 1.32 bits per heavy atom. The molecule has 0 spiro atoms. The van der Waals surface area contributed by atoms with E-state index in [9.17, 15) is 9.59 Å². The zero-order chi connectivity index (χ0) is 16.3. The van der Waals surface area contributed by atoms with Gasteiger partial charge in [0, 0.05) is 24.9 Å². The van der Waals surface area contributed by atoms with Crippen molar-refractivity contribution in [2.75, 3.05) is 20.1 Å². The molecule has 2 amide bonds. The minimum atomic E-state index is -0.560. The van der Waals surface area contributed by atoms with Gasteiger partial charge in [-0.2, -0.15) is 0 Å². The standard InChI is InChI=1S/C15H24N4O3/c1-10(13-8-12(9-19(13)3)15(21)17-22)16-14(20)11-4-6-18(2)7-5-11/h8-11,22H,4-7H2,1-3H3,(H,16,20)(H,17,21)/t10-/m0/s1. The first kappa shape index (κ1) is 16.5. The van der Waals surface area contributed by atoms with Crippen molar-refractivity contribution < 1.29 is 14.8 Å². The molecule has 122 valence electrons. The van der Waals surface area contributed by atoms with Crippen LogP contribution >= 0.6 is 0 Å². The molecule has 1 aliphatic rings. The van der Waals surface area contributed by atoms with Gasteiger partial charge in [0.1, 0.15) is 0 Å². The molecule has 1 aromatic heterocycles. The number of nitrogens with one attached hydrogen (secondary N) is 2. The summed E-state index contributed by atoms with van der Waals surface area (Å²) in [5.41, 5.74) is 2.79. The number of amides is 2. The fourth-order valence-electron chi connectivity index (χ4n) is 2.88. The van der Waals surface area contributed by atoms with Crippen molar-refractivity contribution >= 4 is 11.8 Å². The molecular formula is C15H24N4O3. The monoisotopic (exact) mass is 308 g/mol. The lowest BCUT2D eigenvalue weighted by Gasteiger charge is -2.29. The van der Waals surface area contributed by atoms with Gasteiger partial charge < -0.3 is 14.8 Å². The lowest BCUT2D eigenvalue weighted by Crippen LogP contribution is -2.40. The number of hydroxylamine groups is 1. The van der Waals surface area contributed by atoms with Crippen molar-refractivity contribution in [3.05, 3.63) is 23.5 Å². The Bertz CT molecular complexity index is 547. The maximum Gasteiger partial charge on any atom is 0.276 e. The molecule has 1 aromatic rings. The average Bonchev–Trinajstić information content (AvgIpc) is 2.89. The second-order valence-electron chi connectivity index (χ2n) is 6.01. The predicted molar refractivity (Wildman–Crippen MR) is 81.4 cm³/mol. The van der Waals surface area contributed by atoms with Crippen LogP contribution in [0.15, 0.2) is 12.3 Å². The number of rotatable bonds is 4. The molecule has 0 aliphatic carbocycles. The van der Waals surface area contributed by atoms with E-state index < -0.39 is 5.91 Å². The van der Waals surface area contributed by atoms with Crippen molar-refractivity contribution in [1.82, 2.24) is 20.3 Å². The van der Waals surface area contributed by atoms with Crippen LogP contribution in [0.5, 0.6) is 0 Å². The van der Waals surface area contributed by atoms with Crippen molar-refractivity contribution in [3.63, 3.8) is 0 Å². The van der Waals surface area contributed by atoms with E-state index in [0.717, 1.165) is 31.6 Å². The summed E-state index contributed by atoms with van der Waals surface area (Å²) in [7, 11) is 3.87. The van der Waals surface area contributed by atoms with Crippen molar-refractivity contribution in [3.8, 4) is 0 Å². The maximum absolute atomic E-state index is 12.3. The van der Waals surface area contributed by atoms with Gasteiger partial charge in [-0.05, 0) is 46.0 Å². The van der Waals surface area contributed by atoms with E-state index in [0.29, 0.717) is 5.56 Å². The summed E-state index contributed by atoms with van der Waals surface area (Å²) in [5, 5.41) is 11.7. The highest BCUT2D eigenvalue weighted by molar-refractivity contribution is 5.93. The highest BCUT2D eigenvalue weighted by atomic mass is 16.5. The number of carbonyl (C=O) groups excluding carboxylic acids is 2. The number of hydrogen-bond donors (Lipinski definition) is 3. The number of piperidine rings is 1. The molecule has 0 unspecified atom stereocenters. The fraction of sp³-hybridized carbons (Fsp3) is 0.600. The van der Waals surface area contributed by atoms with E-state index in [2.05, 4.69) is 17.3 Å². The van der Waals surface area contributed by atoms with Crippen LogP contribution in [-0.4, -0.2) is 46.6 Å². The minimum absolute atomic E-state index is 0.0547. The van der Waals surface area contributed by atoms with Crippen LogP contribution in [-0.2, 0) is 11.8 Å². The molecule has 3 N–H and O–H groups in total. The molecule has 2 heterocycles. The summed E-state index contributed by atoms with van der Waals surface area (Å²) in [6.07, 6.45) is 3.37. The summed E-state index contributed by atoms with van der Waals surface area (Å²) in [5.74, 6) is -0.440. The van der Waals surface area contributed by atoms with E-state index in [-0.39, 0.29) is 17.9 Å². The molecule has 22 heavy (non-hydrogen) atoms. The highest BCUT2D eigenvalue weighted by Crippen LogP contribution is 2.20. The Morgan fingerprint density at radius 3 is 2.55 bits per heavy atom. The molecule has 0 saturated carbocycles. The number of aryl methyl sites for hydroxylation is 1. The Morgan fingerprint density at radius 2 is 1.95 bits per heavy atom. The van der Waals surface area contributed by atoms with Crippen molar-refractivity contribution in [1.29, 1.82) is 0 Å². The SMILES string of the molecule is C[C@H](NC(=O)C1CCN(C)CC1)c1cc(C(=O)NO)cn1C. The van der Waals surface area contributed by atoms with Gasteiger partial charge in [-0.3, -0.25) is 14.8 Å². The van der Waals surface area contributed by atoms with Gasteiger partial charge in [-0.25, -0.2) is 5.48 Å². The van der Waals surface area contributed by atoms with Crippen LogP contribution in [0.4, 0.5) is 0 Å². The van der Waals surface area contributed by atoms with Crippen LogP contribution in [0.3, 0.4) is 0 Å². The van der Waals surface area contributed by atoms with Crippen molar-refractivity contribution in [2.24, 2.45) is 13.0 Å². The largest absolute Gasteiger partial charge is 0.352 e. The number of nitrogens with zero attached hydrogens (tertiary/aromatic N) is 2. The van der Waals surface area contributed by atoms with Crippen LogP contribution in [0.2, 0.25) is 0 Å². The lowest BCUT2D eigenvalue weighted by atomic mass is 9.96. The summed E-state index contributed by atoms with van der Waals surface area (Å²) in [6.45, 7) is 3.78. The molecule has 1 atom stereocenters. The third-order valence-corrected chi connectivity index (χ3v) is 4.30. The van der Waals surface area contributed by atoms with Crippen LogP contribution in [0.1, 0.15) is 41.9 Å². The molecule has 1 saturated heterocycles. The summed E-state index contributed by atoms with van der Waals surface area (Å²) >= 11 is 0. The zero-order valence-electron chi connectivity index (χ0n) is 13.3. The second kappa shape index (κ2) is 6.93. The number of likely N-dealkylation sites (tertiary alicyclic amines) is 1. The van der Waals surface area contributed by atoms with Crippen molar-refractivity contribution in [2.45, 2.75) is 25.8 Å². The van der Waals surface area contributed by atoms with Gasteiger partial charge in [0.15, 0.2) is 0 Å². The Balaban J connectivity index is 1.99. The first-order valence-corrected chi connectivity index (χ1v) is 7.52. The first-order chi connectivity index (χ1) is 10.4. The molecule has 0 bridgehead atoms. The Labute approximate surface area is 130 Å². The molecular weight excluding hydrogens is 284 g/mol. The lowest BCUT2D eigenvalue weighted by molar-refractivity contribution is -0.127. The highest BCUT2D eigenvalue weighted by Gasteiger charge is 2.25. The summed E-state index contributed by atoms with van der Waals surface area (Å²) in [6, 6.07) is 1.47. The topological polar surface area (TPSA) is 86.6 Å². The van der Waals surface area contributed by atoms with Crippen LogP contribution in [0.25, 0.3) is 0 Å². The fourth-order valence-corrected chi connectivity index (χ4v) is 2.88. The maximum atomic E-state index is 12.3. The molecule has 1 fully saturated rings. The molecule has 7 nitrogen and oxygen atoms in total. The second-order valence-corrected chi connectivity index (χ2v) is 6.01. The quantitative estimate of drug-likeness (QED) is 0.563. The number of aromatic nitrogens is 1. The summed E-state index contributed by atoms with van der Waals surface area (Å²) in [4.78, 5) is 26.0. The molecule has 2 rings (SSSR count). The Hall–Kier alpha value is -1.86. The van der Waals surface area contributed by atoms with Gasteiger partial charge >= 0.3 is 0 Å². The minimum Gasteiger partial charge on any atom is -0.352 e. The van der Waals surface area contributed by atoms with Crippen LogP contribution in [0, 0.1) is 5.92 Å². The van der Waals surface area contributed by atoms with E-state index in [4.69, 9.17) is 5.21 Å². The zero-order valence-corrected chi connectivity index (χ0v) is 13.3. The van der Waals surface area contributed by atoms with E-state index in [1.165, 1.54) is 0 Å². The number of carbonyl (C=O) groups is 2. The Kier molecular flexibility index (Phi) is 5.20. The normalized spacial score (nSPS) is 18.0. The van der Waals surface area contributed by atoms with Gasteiger partial charge in [-0.1, -0.05) is 0 Å². The third-order valence-electron chi connectivity index (χ3n) is 4.30. The number of hydrogen-bond acceptors (Lipinski definition) is 4. The van der Waals surface area contributed by atoms with Gasteiger partial charge in [0.25, 0.3) is 5.91 Å². The van der Waals surface area contributed by atoms with Gasteiger partial charge in [-0.15, -0.1) is 0 Å². The van der Waals surface area contributed by atoms with E-state index >= 15 is 0 Å². The van der Waals surface area contributed by atoms with E-state index in [1.807, 2.05) is 14.0 Å². The molecule has 1 aliphatic heterocycles. The van der Waals surface area contributed by atoms with Gasteiger partial charge in [0.05, 0.1) is 11.6 Å². The predicted octanol–water partition coefficient (Wildman–Crippen LogP) is 0.663. The van der Waals surface area contributed by atoms with E-state index in [1.54, 1.807) is 22.3 Å². The van der Waals surface area contributed by atoms with Gasteiger partial charge in [0.2, 0.25) is 5.91 Å². The molecule has 0 radical (unpaired) electrons. The molecule has 7 heteroatoms. The average molecular weight is 308 g/mol. The van der Waals surface area contributed by atoms with Crippen LogP contribution < -0.4 is 10.8 Å².